The largest absolute Gasteiger partial charge is 0.488 e. The van der Waals surface area contributed by atoms with E-state index in [0.717, 1.165) is 13.1 Å². The summed E-state index contributed by atoms with van der Waals surface area (Å²) in [6.07, 6.45) is 0.100. The molecule has 1 aliphatic heterocycles. The van der Waals surface area contributed by atoms with E-state index in [2.05, 4.69) is 53.4 Å². The lowest BCUT2D eigenvalue weighted by atomic mass is 9.94. The maximum absolute atomic E-state index is 11.3. The Morgan fingerprint density at radius 1 is 0.889 bits per heavy atom. The summed E-state index contributed by atoms with van der Waals surface area (Å²) < 4.78 is 6.04. The van der Waals surface area contributed by atoms with E-state index in [1.54, 1.807) is 18.2 Å². The van der Waals surface area contributed by atoms with Crippen LogP contribution in [0.5, 0.6) is 5.75 Å². The third-order valence-electron chi connectivity index (χ3n) is 4.89. The number of likely N-dealkylation sites (tertiary alicyclic amines) is 1. The molecule has 2 N–H and O–H groups in total. The van der Waals surface area contributed by atoms with Crippen LogP contribution >= 0.6 is 0 Å². The van der Waals surface area contributed by atoms with Gasteiger partial charge in [0, 0.05) is 18.7 Å². The molecule has 4 heteroatoms. The Hall–Kier alpha value is -3.11. The van der Waals surface area contributed by atoms with Crippen LogP contribution in [0.3, 0.4) is 0 Å². The lowest BCUT2D eigenvalue weighted by Gasteiger charge is -2.44. The molecule has 0 aliphatic carbocycles. The molecule has 0 atom stereocenters. The molecule has 3 aromatic rings. The molecular weight excluding hydrogens is 336 g/mol. The third kappa shape index (κ3) is 3.86. The normalized spacial score (nSPS) is 14.7. The van der Waals surface area contributed by atoms with Gasteiger partial charge in [0.2, 0.25) is 5.91 Å². The number of hydrogen-bond acceptors (Lipinski definition) is 3. The van der Waals surface area contributed by atoms with E-state index in [1.165, 1.54) is 11.1 Å². The van der Waals surface area contributed by atoms with Crippen LogP contribution in [-0.2, 0) is 0 Å². The van der Waals surface area contributed by atoms with E-state index < -0.39 is 5.91 Å². The second-order valence-corrected chi connectivity index (χ2v) is 6.81. The van der Waals surface area contributed by atoms with Crippen LogP contribution in [0.1, 0.15) is 27.5 Å². The molecular formula is C23H22N2O2. The molecule has 1 fully saturated rings. The van der Waals surface area contributed by atoms with Gasteiger partial charge in [-0.05, 0) is 29.3 Å². The first-order chi connectivity index (χ1) is 13.2. The van der Waals surface area contributed by atoms with E-state index >= 15 is 0 Å². The SMILES string of the molecule is NC(=O)c1cccc(OC2CN(C(c3ccccc3)c3ccccc3)C2)c1. The fourth-order valence-electron chi connectivity index (χ4n) is 3.55. The van der Waals surface area contributed by atoms with Crippen molar-refractivity contribution >= 4 is 5.91 Å². The van der Waals surface area contributed by atoms with Gasteiger partial charge >= 0.3 is 0 Å². The quantitative estimate of drug-likeness (QED) is 0.732. The Bertz CT molecular complexity index is 866. The minimum absolute atomic E-state index is 0.100. The van der Waals surface area contributed by atoms with Gasteiger partial charge in [-0.2, -0.15) is 0 Å². The standard InChI is InChI=1S/C23H22N2O2/c24-23(26)19-12-7-13-20(14-19)27-21-15-25(16-21)22(17-8-3-1-4-9-17)18-10-5-2-6-11-18/h1-14,21-22H,15-16H2,(H2,24,26). The van der Waals surface area contributed by atoms with Gasteiger partial charge in [0.05, 0.1) is 6.04 Å². The predicted octanol–water partition coefficient (Wildman–Crippen LogP) is 3.64. The number of carbonyl (C=O) groups excluding carboxylic acids is 1. The number of nitrogens with zero attached hydrogens (tertiary/aromatic N) is 1. The minimum Gasteiger partial charge on any atom is -0.488 e. The topological polar surface area (TPSA) is 55.6 Å². The number of benzene rings is 3. The van der Waals surface area contributed by atoms with E-state index in [9.17, 15) is 4.79 Å². The first-order valence-corrected chi connectivity index (χ1v) is 9.11. The third-order valence-corrected chi connectivity index (χ3v) is 4.89. The van der Waals surface area contributed by atoms with Gasteiger partial charge in [-0.15, -0.1) is 0 Å². The smallest absolute Gasteiger partial charge is 0.248 e. The van der Waals surface area contributed by atoms with Crippen molar-refractivity contribution in [3.63, 3.8) is 0 Å². The van der Waals surface area contributed by atoms with Gasteiger partial charge < -0.3 is 10.5 Å². The molecule has 1 heterocycles. The van der Waals surface area contributed by atoms with Gasteiger partial charge in [-0.3, -0.25) is 9.69 Å². The average molecular weight is 358 g/mol. The van der Waals surface area contributed by atoms with E-state index in [0.29, 0.717) is 11.3 Å². The zero-order chi connectivity index (χ0) is 18.6. The van der Waals surface area contributed by atoms with Crippen molar-refractivity contribution in [2.24, 2.45) is 5.73 Å². The lowest BCUT2D eigenvalue weighted by molar-refractivity contribution is 0.000253. The molecule has 4 rings (SSSR count). The maximum atomic E-state index is 11.3. The van der Waals surface area contributed by atoms with E-state index in [-0.39, 0.29) is 12.1 Å². The highest BCUT2D eigenvalue weighted by Crippen LogP contribution is 2.33. The van der Waals surface area contributed by atoms with Crippen LogP contribution in [0.25, 0.3) is 0 Å². The van der Waals surface area contributed by atoms with Crippen LogP contribution in [0.4, 0.5) is 0 Å². The van der Waals surface area contributed by atoms with Crippen LogP contribution in [0, 0.1) is 0 Å². The predicted molar refractivity (Wildman–Crippen MR) is 106 cm³/mol. The number of amides is 1. The van der Waals surface area contributed by atoms with Gasteiger partial charge in [-0.1, -0.05) is 66.7 Å². The summed E-state index contributed by atoms with van der Waals surface area (Å²) >= 11 is 0. The average Bonchev–Trinajstić information content (AvgIpc) is 2.68. The zero-order valence-corrected chi connectivity index (χ0v) is 15.0. The second kappa shape index (κ2) is 7.64. The maximum Gasteiger partial charge on any atom is 0.248 e. The molecule has 0 bridgehead atoms. The van der Waals surface area contributed by atoms with Crippen molar-refractivity contribution in [3.05, 3.63) is 102 Å². The Morgan fingerprint density at radius 3 is 2.04 bits per heavy atom. The van der Waals surface area contributed by atoms with Crippen molar-refractivity contribution in [2.75, 3.05) is 13.1 Å². The number of ether oxygens (including phenoxy) is 1. The van der Waals surface area contributed by atoms with Crippen molar-refractivity contribution in [1.82, 2.24) is 4.90 Å². The molecule has 27 heavy (non-hydrogen) atoms. The van der Waals surface area contributed by atoms with Crippen molar-refractivity contribution < 1.29 is 9.53 Å². The molecule has 1 aliphatic rings. The zero-order valence-electron chi connectivity index (χ0n) is 15.0. The molecule has 0 saturated carbocycles. The lowest BCUT2D eigenvalue weighted by Crippen LogP contribution is -2.55. The Morgan fingerprint density at radius 2 is 1.48 bits per heavy atom. The first kappa shape index (κ1) is 17.3. The van der Waals surface area contributed by atoms with Crippen LogP contribution in [0.2, 0.25) is 0 Å². The van der Waals surface area contributed by atoms with Crippen molar-refractivity contribution in [3.8, 4) is 5.75 Å². The Labute approximate surface area is 159 Å². The number of nitrogens with two attached hydrogens (primary N) is 1. The highest BCUT2D eigenvalue weighted by Gasteiger charge is 2.35. The van der Waals surface area contributed by atoms with Crippen LogP contribution in [0.15, 0.2) is 84.9 Å². The summed E-state index contributed by atoms with van der Waals surface area (Å²) in [5, 5.41) is 0. The molecule has 1 saturated heterocycles. The molecule has 136 valence electrons. The fraction of sp³-hybridized carbons (Fsp3) is 0.174. The second-order valence-electron chi connectivity index (χ2n) is 6.81. The number of primary amides is 1. The van der Waals surface area contributed by atoms with Crippen molar-refractivity contribution in [1.29, 1.82) is 0 Å². The number of hydrogen-bond donors (Lipinski definition) is 1. The van der Waals surface area contributed by atoms with Gasteiger partial charge in [0.25, 0.3) is 0 Å². The summed E-state index contributed by atoms with van der Waals surface area (Å²) in [6.45, 7) is 1.66. The van der Waals surface area contributed by atoms with Gasteiger partial charge in [-0.25, -0.2) is 0 Å². The van der Waals surface area contributed by atoms with Gasteiger partial charge in [0.15, 0.2) is 0 Å². The summed E-state index contributed by atoms with van der Waals surface area (Å²) in [7, 11) is 0. The monoisotopic (exact) mass is 358 g/mol. The Kier molecular flexibility index (Phi) is 4.90. The summed E-state index contributed by atoms with van der Waals surface area (Å²) in [4.78, 5) is 13.7. The van der Waals surface area contributed by atoms with Gasteiger partial charge in [0.1, 0.15) is 11.9 Å². The number of rotatable bonds is 6. The molecule has 1 amide bonds. The molecule has 3 aromatic carbocycles. The summed E-state index contributed by atoms with van der Waals surface area (Å²) in [5.74, 6) is 0.246. The molecule has 0 unspecified atom stereocenters. The van der Waals surface area contributed by atoms with Crippen LogP contribution < -0.4 is 10.5 Å². The van der Waals surface area contributed by atoms with E-state index in [4.69, 9.17) is 10.5 Å². The van der Waals surface area contributed by atoms with Crippen LogP contribution in [-0.4, -0.2) is 30.0 Å². The Balaban J connectivity index is 1.47. The summed E-state index contributed by atoms with van der Waals surface area (Å²) in [5.41, 5.74) is 8.37. The highest BCUT2D eigenvalue weighted by atomic mass is 16.5. The van der Waals surface area contributed by atoms with E-state index in [1.807, 2.05) is 18.2 Å². The number of carbonyl (C=O) groups is 1. The highest BCUT2D eigenvalue weighted by molar-refractivity contribution is 5.93. The molecule has 0 spiro atoms. The van der Waals surface area contributed by atoms with Crippen molar-refractivity contribution in [2.45, 2.75) is 12.1 Å². The molecule has 4 nitrogen and oxygen atoms in total. The fourth-order valence-corrected chi connectivity index (χ4v) is 3.55. The minimum atomic E-state index is -0.441. The molecule has 0 radical (unpaired) electrons. The first-order valence-electron chi connectivity index (χ1n) is 9.11. The summed E-state index contributed by atoms with van der Waals surface area (Å²) in [6, 6.07) is 28.3. The molecule has 0 aromatic heterocycles.